The van der Waals surface area contributed by atoms with E-state index >= 15 is 0 Å². The van der Waals surface area contributed by atoms with Crippen LogP contribution in [0.1, 0.15) is 5.56 Å². The van der Waals surface area contributed by atoms with E-state index in [1.165, 1.54) is 21.2 Å². The number of rotatable bonds is 5. The molecule has 0 unspecified atom stereocenters. The maximum atomic E-state index is 11.6. The number of aliphatic hydroxyl groups excluding tert-OH is 1. The Morgan fingerprint density at radius 2 is 1.95 bits per heavy atom. The van der Waals surface area contributed by atoms with Crippen LogP contribution < -0.4 is 5.32 Å². The summed E-state index contributed by atoms with van der Waals surface area (Å²) in [6, 6.07) is 14.4. The average molecular weight is 272 g/mol. The molecule has 0 aliphatic heterocycles. The molecule has 0 aliphatic rings. The molecule has 0 atom stereocenters. The predicted octanol–water partition coefficient (Wildman–Crippen LogP) is 2.02. The summed E-state index contributed by atoms with van der Waals surface area (Å²) in [5.74, 6) is 0. The molecule has 0 aromatic heterocycles. The molecule has 2 aromatic rings. The van der Waals surface area contributed by atoms with Gasteiger partial charge in [-0.3, -0.25) is 0 Å². The summed E-state index contributed by atoms with van der Waals surface area (Å²) in [7, 11) is 1.67. The van der Waals surface area contributed by atoms with Crippen LogP contribution in [0.4, 0.5) is 4.79 Å². The van der Waals surface area contributed by atoms with Gasteiger partial charge < -0.3 is 15.3 Å². The fourth-order valence-electron chi connectivity index (χ4n) is 2.09. The quantitative estimate of drug-likeness (QED) is 0.875. The van der Waals surface area contributed by atoms with E-state index in [2.05, 4.69) is 35.6 Å². The molecule has 2 N–H and O–H groups in total. The molecule has 2 aromatic carbocycles. The van der Waals surface area contributed by atoms with E-state index in [0.717, 1.165) is 6.42 Å². The van der Waals surface area contributed by atoms with E-state index < -0.39 is 0 Å². The first-order valence-electron chi connectivity index (χ1n) is 6.78. The lowest BCUT2D eigenvalue weighted by atomic mass is 10.1. The molecule has 20 heavy (non-hydrogen) atoms. The maximum absolute atomic E-state index is 11.6. The van der Waals surface area contributed by atoms with Crippen molar-refractivity contribution in [2.75, 3.05) is 26.7 Å². The van der Waals surface area contributed by atoms with Crippen molar-refractivity contribution in [3.8, 4) is 0 Å². The van der Waals surface area contributed by atoms with Gasteiger partial charge in [0.1, 0.15) is 0 Å². The maximum Gasteiger partial charge on any atom is 0.317 e. The number of fused-ring (bicyclic) bond motifs is 1. The largest absolute Gasteiger partial charge is 0.395 e. The third kappa shape index (κ3) is 3.71. The molecular weight excluding hydrogens is 252 g/mol. The summed E-state index contributed by atoms with van der Waals surface area (Å²) >= 11 is 0. The van der Waals surface area contributed by atoms with Gasteiger partial charge in [0.05, 0.1) is 6.61 Å². The van der Waals surface area contributed by atoms with Gasteiger partial charge in [-0.15, -0.1) is 0 Å². The molecule has 0 fully saturated rings. The number of nitrogens with zero attached hydrogens (tertiary/aromatic N) is 1. The molecule has 4 nitrogen and oxygen atoms in total. The SMILES string of the molecule is CN(CCO)C(=O)NCCc1ccc2ccccc2c1. The van der Waals surface area contributed by atoms with E-state index in [1.54, 1.807) is 7.05 Å². The van der Waals surface area contributed by atoms with Gasteiger partial charge in [-0.1, -0.05) is 42.5 Å². The molecule has 0 bridgehead atoms. The molecule has 0 saturated heterocycles. The van der Waals surface area contributed by atoms with Crippen molar-refractivity contribution < 1.29 is 9.90 Å². The topological polar surface area (TPSA) is 52.6 Å². The predicted molar refractivity (Wildman–Crippen MR) is 80.8 cm³/mol. The standard InChI is InChI=1S/C16H20N2O2/c1-18(10-11-19)16(20)17-9-8-13-6-7-14-4-2-3-5-15(14)12-13/h2-7,12,19H,8-11H2,1H3,(H,17,20). The van der Waals surface area contributed by atoms with Crippen LogP contribution in [0.5, 0.6) is 0 Å². The lowest BCUT2D eigenvalue weighted by Crippen LogP contribution is -2.39. The van der Waals surface area contributed by atoms with E-state index in [1.807, 2.05) is 12.1 Å². The first kappa shape index (κ1) is 14.3. The second-order valence-electron chi connectivity index (χ2n) is 4.81. The number of urea groups is 1. The molecule has 106 valence electrons. The zero-order valence-electron chi connectivity index (χ0n) is 11.7. The lowest BCUT2D eigenvalue weighted by molar-refractivity contribution is 0.190. The molecule has 2 rings (SSSR count). The van der Waals surface area contributed by atoms with Crippen LogP contribution in [-0.2, 0) is 6.42 Å². The zero-order valence-corrected chi connectivity index (χ0v) is 11.7. The molecule has 0 saturated carbocycles. The lowest BCUT2D eigenvalue weighted by Gasteiger charge is -2.16. The number of hydrogen-bond acceptors (Lipinski definition) is 2. The molecule has 0 radical (unpaired) electrons. The Morgan fingerprint density at radius 3 is 2.70 bits per heavy atom. The van der Waals surface area contributed by atoms with E-state index in [0.29, 0.717) is 13.1 Å². The van der Waals surface area contributed by atoms with Gasteiger partial charge in [0.15, 0.2) is 0 Å². The number of hydrogen-bond donors (Lipinski definition) is 2. The number of nitrogens with one attached hydrogen (secondary N) is 1. The number of benzene rings is 2. The fourth-order valence-corrected chi connectivity index (χ4v) is 2.09. The number of amides is 2. The molecule has 0 spiro atoms. The van der Waals surface area contributed by atoms with Gasteiger partial charge in [-0.25, -0.2) is 4.79 Å². The van der Waals surface area contributed by atoms with Crippen LogP contribution >= 0.6 is 0 Å². The highest BCUT2D eigenvalue weighted by molar-refractivity contribution is 5.83. The van der Waals surface area contributed by atoms with Gasteiger partial charge in [0.2, 0.25) is 0 Å². The van der Waals surface area contributed by atoms with E-state index in [9.17, 15) is 4.79 Å². The zero-order chi connectivity index (χ0) is 14.4. The number of likely N-dealkylation sites (N-methyl/N-ethyl adjacent to an activating group) is 1. The van der Waals surface area contributed by atoms with Crippen LogP contribution in [0.25, 0.3) is 10.8 Å². The second-order valence-corrected chi connectivity index (χ2v) is 4.81. The van der Waals surface area contributed by atoms with E-state index in [4.69, 9.17) is 5.11 Å². The highest BCUT2D eigenvalue weighted by Crippen LogP contribution is 2.15. The van der Waals surface area contributed by atoms with Crippen LogP contribution in [0.3, 0.4) is 0 Å². The number of aliphatic hydroxyl groups is 1. The Morgan fingerprint density at radius 1 is 1.20 bits per heavy atom. The molecule has 0 aliphatic carbocycles. The summed E-state index contributed by atoms with van der Waals surface area (Å²) in [6.45, 7) is 0.920. The van der Waals surface area contributed by atoms with E-state index in [-0.39, 0.29) is 12.6 Å². The Labute approximate surface area is 119 Å². The first-order chi connectivity index (χ1) is 9.70. The summed E-state index contributed by atoms with van der Waals surface area (Å²) < 4.78 is 0. The first-order valence-corrected chi connectivity index (χ1v) is 6.78. The van der Waals surface area contributed by atoms with Crippen LogP contribution in [0.2, 0.25) is 0 Å². The Bertz CT molecular complexity index is 583. The van der Waals surface area contributed by atoms with Crippen molar-refractivity contribution in [3.63, 3.8) is 0 Å². The Balaban J connectivity index is 1.88. The van der Waals surface area contributed by atoms with Crippen molar-refractivity contribution in [1.82, 2.24) is 10.2 Å². The van der Waals surface area contributed by atoms with Crippen molar-refractivity contribution in [3.05, 3.63) is 48.0 Å². The average Bonchev–Trinajstić information content (AvgIpc) is 2.47. The Hall–Kier alpha value is -2.07. The van der Waals surface area contributed by atoms with Crippen molar-refractivity contribution in [2.45, 2.75) is 6.42 Å². The minimum Gasteiger partial charge on any atom is -0.395 e. The summed E-state index contributed by atoms with van der Waals surface area (Å²) in [5, 5.41) is 14.0. The molecular formula is C16H20N2O2. The third-order valence-electron chi connectivity index (χ3n) is 3.29. The third-order valence-corrected chi connectivity index (χ3v) is 3.29. The molecule has 0 heterocycles. The van der Waals surface area contributed by atoms with Crippen LogP contribution in [-0.4, -0.2) is 42.8 Å². The van der Waals surface area contributed by atoms with Gasteiger partial charge in [0, 0.05) is 20.1 Å². The second kappa shape index (κ2) is 6.91. The van der Waals surface area contributed by atoms with Crippen molar-refractivity contribution >= 4 is 16.8 Å². The summed E-state index contributed by atoms with van der Waals surface area (Å²) in [6.07, 6.45) is 0.795. The van der Waals surface area contributed by atoms with Crippen molar-refractivity contribution in [1.29, 1.82) is 0 Å². The monoisotopic (exact) mass is 272 g/mol. The van der Waals surface area contributed by atoms with Gasteiger partial charge >= 0.3 is 6.03 Å². The highest BCUT2D eigenvalue weighted by atomic mass is 16.3. The smallest absolute Gasteiger partial charge is 0.317 e. The Kier molecular flexibility index (Phi) is 4.96. The van der Waals surface area contributed by atoms with Gasteiger partial charge in [-0.05, 0) is 22.8 Å². The van der Waals surface area contributed by atoms with Crippen molar-refractivity contribution in [2.24, 2.45) is 0 Å². The van der Waals surface area contributed by atoms with Gasteiger partial charge in [0.25, 0.3) is 0 Å². The number of carbonyl (C=O) groups is 1. The fraction of sp³-hybridized carbons (Fsp3) is 0.312. The molecule has 2 amide bonds. The normalized spacial score (nSPS) is 10.5. The number of carbonyl (C=O) groups excluding carboxylic acids is 1. The minimum absolute atomic E-state index is 0.0193. The highest BCUT2D eigenvalue weighted by Gasteiger charge is 2.06. The minimum atomic E-state index is -0.153. The molecule has 4 heteroatoms. The summed E-state index contributed by atoms with van der Waals surface area (Å²) in [5.41, 5.74) is 1.20. The van der Waals surface area contributed by atoms with Gasteiger partial charge in [-0.2, -0.15) is 0 Å². The van der Waals surface area contributed by atoms with Crippen LogP contribution in [0, 0.1) is 0 Å². The van der Waals surface area contributed by atoms with Crippen LogP contribution in [0.15, 0.2) is 42.5 Å². The summed E-state index contributed by atoms with van der Waals surface area (Å²) in [4.78, 5) is 13.1.